The summed E-state index contributed by atoms with van der Waals surface area (Å²) >= 11 is 0. The van der Waals surface area contributed by atoms with Crippen molar-refractivity contribution in [1.82, 2.24) is 0 Å². The zero-order chi connectivity index (χ0) is 13.1. The number of benzene rings is 2. The highest BCUT2D eigenvalue weighted by Gasteiger charge is 2.10. The number of hydrogen-bond donors (Lipinski definition) is 0. The maximum atomic E-state index is 2.84. The highest BCUT2D eigenvalue weighted by molar-refractivity contribution is 7.15. The van der Waals surface area contributed by atoms with Gasteiger partial charge in [-0.2, -0.15) is 0 Å². The third kappa shape index (κ3) is 2.66. The molecule has 18 heavy (non-hydrogen) atoms. The van der Waals surface area contributed by atoms with Crippen molar-refractivity contribution in [1.29, 1.82) is 0 Å². The van der Waals surface area contributed by atoms with Gasteiger partial charge >= 0.3 is 0 Å². The van der Waals surface area contributed by atoms with Crippen LogP contribution in [0.1, 0.15) is 22.3 Å². The predicted octanol–water partition coefficient (Wildman–Crippen LogP) is 4.72. The summed E-state index contributed by atoms with van der Waals surface area (Å²) in [6.45, 7) is 4.36. The fourth-order valence-electron chi connectivity index (χ4n) is 2.39. The lowest BCUT2D eigenvalue weighted by Crippen LogP contribution is -1.94. The van der Waals surface area contributed by atoms with Gasteiger partial charge in [-0.15, -0.1) is 18.5 Å². The van der Waals surface area contributed by atoms with Crippen LogP contribution in [0.5, 0.6) is 0 Å². The largest absolute Gasteiger partial charge is 0.133 e. The zero-order valence-corrected chi connectivity index (χ0v) is 13.3. The third-order valence-electron chi connectivity index (χ3n) is 3.33. The fourth-order valence-corrected chi connectivity index (χ4v) is 3.08. The van der Waals surface area contributed by atoms with Crippen LogP contribution in [0.3, 0.4) is 0 Å². The lowest BCUT2D eigenvalue weighted by molar-refractivity contribution is 1.31. The van der Waals surface area contributed by atoms with Gasteiger partial charge in [-0.05, 0) is 54.0 Å². The molecule has 2 aromatic carbocycles. The Hall–Kier alpha value is -0.700. The van der Waals surface area contributed by atoms with Gasteiger partial charge < -0.3 is 0 Å². The Morgan fingerprint density at radius 1 is 0.889 bits per heavy atom. The smallest absolute Gasteiger partial charge is 0.0116 e. The van der Waals surface area contributed by atoms with E-state index in [-0.39, 0.29) is 0 Å². The molecule has 0 bridgehead atoms. The van der Waals surface area contributed by atoms with E-state index in [0.29, 0.717) is 0 Å². The molecule has 2 unspecified atom stereocenters. The normalized spacial score (nSPS) is 10.7. The molecule has 0 aromatic heterocycles. The topological polar surface area (TPSA) is 0 Å². The molecule has 2 rings (SSSR count). The van der Waals surface area contributed by atoms with Crippen molar-refractivity contribution < 1.29 is 0 Å². The Balaban J connectivity index is 2.71. The number of rotatable bonds is 3. The van der Waals surface area contributed by atoms with Gasteiger partial charge in [0.05, 0.1) is 0 Å². The maximum absolute atomic E-state index is 2.84. The summed E-state index contributed by atoms with van der Waals surface area (Å²) in [5.41, 5.74) is 8.30. The maximum Gasteiger partial charge on any atom is -0.0116 e. The third-order valence-corrected chi connectivity index (χ3v) is 4.21. The monoisotopic (exact) mass is 274 g/mol. The zero-order valence-electron chi connectivity index (χ0n) is 11.0. The first-order valence-corrected chi connectivity index (χ1v) is 7.89. The summed E-state index contributed by atoms with van der Waals surface area (Å²) in [5, 5.41) is 0. The molecular weight excluding hydrogens is 254 g/mol. The molecule has 0 amide bonds. The van der Waals surface area contributed by atoms with Crippen molar-refractivity contribution >= 4 is 18.5 Å². The van der Waals surface area contributed by atoms with Gasteiger partial charge in [0, 0.05) is 0 Å². The lowest BCUT2D eigenvalue weighted by atomic mass is 9.91. The van der Waals surface area contributed by atoms with Gasteiger partial charge in [0.1, 0.15) is 0 Å². The van der Waals surface area contributed by atoms with E-state index in [0.717, 1.165) is 12.3 Å². The molecule has 0 fully saturated rings. The Morgan fingerprint density at radius 3 is 2.28 bits per heavy atom. The van der Waals surface area contributed by atoms with Gasteiger partial charge in [-0.3, -0.25) is 0 Å². The van der Waals surface area contributed by atoms with Crippen molar-refractivity contribution in [3.05, 3.63) is 58.7 Å². The summed E-state index contributed by atoms with van der Waals surface area (Å²) in [5.74, 6) is 0. The van der Waals surface area contributed by atoms with Crippen LogP contribution in [0, 0.1) is 13.8 Å². The van der Waals surface area contributed by atoms with E-state index in [1.54, 1.807) is 0 Å². The molecule has 0 aliphatic heterocycles. The minimum atomic E-state index is 1.00. The van der Waals surface area contributed by atoms with E-state index in [2.05, 4.69) is 68.7 Å². The van der Waals surface area contributed by atoms with Crippen molar-refractivity contribution in [2.45, 2.75) is 26.2 Å². The number of hydrogen-bond acceptors (Lipinski definition) is 0. The number of aryl methyl sites for hydroxylation is 2. The Morgan fingerprint density at radius 2 is 1.61 bits per heavy atom. The lowest BCUT2D eigenvalue weighted by Gasteiger charge is -2.16. The van der Waals surface area contributed by atoms with Crippen LogP contribution in [-0.4, -0.2) is 0 Å². The van der Waals surface area contributed by atoms with Crippen LogP contribution >= 0.6 is 18.5 Å². The van der Waals surface area contributed by atoms with Gasteiger partial charge in [-0.25, -0.2) is 0 Å². The van der Waals surface area contributed by atoms with E-state index in [9.17, 15) is 0 Å². The van der Waals surface area contributed by atoms with E-state index >= 15 is 0 Å². The molecule has 0 heterocycles. The molecule has 0 N–H and O–H groups in total. The van der Waals surface area contributed by atoms with E-state index in [1.165, 1.54) is 33.4 Å². The van der Waals surface area contributed by atoms with E-state index in [1.807, 2.05) is 0 Å². The quantitative estimate of drug-likeness (QED) is 0.710. The second-order valence-electron chi connectivity index (χ2n) is 4.68. The van der Waals surface area contributed by atoms with Crippen molar-refractivity contribution in [3.8, 4) is 11.1 Å². The molecule has 2 atom stereocenters. The summed E-state index contributed by atoms with van der Waals surface area (Å²) < 4.78 is 0. The first-order valence-electron chi connectivity index (χ1n) is 6.26. The summed E-state index contributed by atoms with van der Waals surface area (Å²) in [6.07, 6.45) is 2.00. The first-order chi connectivity index (χ1) is 8.67. The van der Waals surface area contributed by atoms with Gasteiger partial charge in [-0.1, -0.05) is 42.0 Å². The Bertz CT molecular complexity index is 559. The molecule has 0 saturated carbocycles. The highest BCUT2D eigenvalue weighted by Crippen LogP contribution is 2.33. The molecule has 0 radical (unpaired) electrons. The van der Waals surface area contributed by atoms with Crippen molar-refractivity contribution in [2.75, 3.05) is 0 Å². The van der Waals surface area contributed by atoms with Crippen LogP contribution < -0.4 is 0 Å². The van der Waals surface area contributed by atoms with Gasteiger partial charge in [0.25, 0.3) is 0 Å². The first kappa shape index (κ1) is 13.7. The molecular formula is C16H20P2. The molecule has 94 valence electrons. The SMILES string of the molecule is Cc1ccc(CP)c(-c2c(C)cccc2CP)c1. The molecule has 0 aliphatic carbocycles. The summed E-state index contributed by atoms with van der Waals surface area (Å²) in [7, 11) is 5.68. The molecule has 2 heteroatoms. The van der Waals surface area contributed by atoms with Gasteiger partial charge in [0.15, 0.2) is 0 Å². The van der Waals surface area contributed by atoms with Crippen LogP contribution in [0.4, 0.5) is 0 Å². The van der Waals surface area contributed by atoms with Crippen LogP contribution in [0.25, 0.3) is 11.1 Å². The summed E-state index contributed by atoms with van der Waals surface area (Å²) in [6, 6.07) is 13.3. The predicted molar refractivity (Wildman–Crippen MR) is 88.2 cm³/mol. The Kier molecular flexibility index (Phi) is 4.55. The van der Waals surface area contributed by atoms with Crippen LogP contribution in [0.15, 0.2) is 36.4 Å². The molecule has 0 saturated heterocycles. The van der Waals surface area contributed by atoms with Crippen molar-refractivity contribution in [3.63, 3.8) is 0 Å². The highest BCUT2D eigenvalue weighted by atomic mass is 31.0. The van der Waals surface area contributed by atoms with Crippen molar-refractivity contribution in [2.24, 2.45) is 0 Å². The van der Waals surface area contributed by atoms with Crippen LogP contribution in [-0.2, 0) is 12.3 Å². The summed E-state index contributed by atoms with van der Waals surface area (Å²) in [4.78, 5) is 0. The minimum Gasteiger partial charge on any atom is -0.133 e. The molecule has 2 aromatic rings. The standard InChI is InChI=1S/C16H20P2/c1-11-6-7-13(9-17)15(8-11)16-12(2)4-3-5-14(16)10-18/h3-8H,9-10,17-18H2,1-2H3. The molecule has 0 aliphatic rings. The average Bonchev–Trinajstić information content (AvgIpc) is 2.38. The molecule has 0 spiro atoms. The molecule has 0 nitrogen and oxygen atoms in total. The fraction of sp³-hybridized carbons (Fsp3) is 0.250. The average molecular weight is 274 g/mol. The second-order valence-corrected chi connectivity index (χ2v) is 5.49. The van der Waals surface area contributed by atoms with Crippen LogP contribution in [0.2, 0.25) is 0 Å². The van der Waals surface area contributed by atoms with E-state index < -0.39 is 0 Å². The minimum absolute atomic E-state index is 1.00. The Labute approximate surface area is 115 Å². The van der Waals surface area contributed by atoms with Gasteiger partial charge in [0.2, 0.25) is 0 Å². The second kappa shape index (κ2) is 5.96. The van der Waals surface area contributed by atoms with E-state index in [4.69, 9.17) is 0 Å².